The van der Waals surface area contributed by atoms with E-state index in [-0.39, 0.29) is 18.4 Å². The highest BCUT2D eigenvalue weighted by Crippen LogP contribution is 2.20. The van der Waals surface area contributed by atoms with Crippen molar-refractivity contribution in [3.05, 3.63) is 34.3 Å². The molecule has 0 saturated carbocycles. The molecule has 3 amide bonds. The summed E-state index contributed by atoms with van der Waals surface area (Å²) in [5.41, 5.74) is 6.07. The van der Waals surface area contributed by atoms with Crippen LogP contribution in [0.25, 0.3) is 0 Å². The monoisotopic (exact) mass is 383 g/mol. The molecule has 0 bridgehead atoms. The van der Waals surface area contributed by atoms with Crippen LogP contribution in [0.3, 0.4) is 0 Å². The van der Waals surface area contributed by atoms with Crippen molar-refractivity contribution in [3.63, 3.8) is 0 Å². The molecule has 0 fully saturated rings. The molecule has 1 aromatic rings. The molecule has 2 atom stereocenters. The number of carbonyl (C=O) groups is 2. The van der Waals surface area contributed by atoms with E-state index < -0.39 is 12.1 Å². The predicted octanol–water partition coefficient (Wildman–Crippen LogP) is 3.49. The van der Waals surface area contributed by atoms with Gasteiger partial charge in [-0.2, -0.15) is 0 Å². The van der Waals surface area contributed by atoms with Crippen molar-refractivity contribution in [2.24, 2.45) is 11.7 Å². The molecule has 1 rings (SSSR count). The van der Waals surface area contributed by atoms with Gasteiger partial charge < -0.3 is 16.4 Å². The zero-order valence-corrected chi connectivity index (χ0v) is 15.5. The lowest BCUT2D eigenvalue weighted by atomic mass is 10.0. The van der Waals surface area contributed by atoms with Crippen molar-refractivity contribution >= 4 is 27.9 Å². The van der Waals surface area contributed by atoms with E-state index in [4.69, 9.17) is 5.73 Å². The highest BCUT2D eigenvalue weighted by atomic mass is 79.9. The summed E-state index contributed by atoms with van der Waals surface area (Å²) in [5.74, 6) is 0.518. The lowest BCUT2D eigenvalue weighted by Gasteiger charge is -2.20. The molecule has 0 saturated heterocycles. The molecule has 0 aliphatic carbocycles. The Balaban J connectivity index is 2.64. The fraction of sp³-hybridized carbons (Fsp3) is 0.529. The number of primary amides is 1. The van der Waals surface area contributed by atoms with Crippen molar-refractivity contribution in [2.75, 3.05) is 0 Å². The first kappa shape index (κ1) is 19.5. The fourth-order valence-electron chi connectivity index (χ4n) is 2.29. The average molecular weight is 384 g/mol. The molecule has 6 heteroatoms. The van der Waals surface area contributed by atoms with Crippen LogP contribution in [0.5, 0.6) is 0 Å². The second-order valence-corrected chi connectivity index (χ2v) is 7.17. The maximum Gasteiger partial charge on any atom is 0.312 e. The van der Waals surface area contributed by atoms with Crippen molar-refractivity contribution in [1.82, 2.24) is 10.6 Å². The Bertz CT molecular complexity index is 517. The second-order valence-electron chi connectivity index (χ2n) is 6.26. The van der Waals surface area contributed by atoms with Gasteiger partial charge in [0.1, 0.15) is 0 Å². The van der Waals surface area contributed by atoms with E-state index >= 15 is 0 Å². The molecule has 0 heterocycles. The van der Waals surface area contributed by atoms with Gasteiger partial charge in [0.2, 0.25) is 5.91 Å². The van der Waals surface area contributed by atoms with E-state index in [1.165, 1.54) is 0 Å². The van der Waals surface area contributed by atoms with Gasteiger partial charge in [-0.05, 0) is 43.4 Å². The predicted molar refractivity (Wildman–Crippen MR) is 95.9 cm³/mol. The van der Waals surface area contributed by atoms with Gasteiger partial charge in [0, 0.05) is 10.5 Å². The smallest absolute Gasteiger partial charge is 0.312 e. The molecule has 0 unspecified atom stereocenters. The first-order valence-electron chi connectivity index (χ1n) is 7.88. The quantitative estimate of drug-likeness (QED) is 0.641. The maximum atomic E-state index is 12.2. The van der Waals surface area contributed by atoms with Gasteiger partial charge in [-0.3, -0.25) is 4.79 Å². The molecular formula is C17H26BrN3O2. The van der Waals surface area contributed by atoms with Crippen LogP contribution in [0.4, 0.5) is 4.79 Å². The van der Waals surface area contributed by atoms with Crippen LogP contribution in [0.2, 0.25) is 0 Å². The summed E-state index contributed by atoms with van der Waals surface area (Å²) in [6.07, 6.45) is 2.17. The normalized spacial score (nSPS) is 13.4. The van der Waals surface area contributed by atoms with E-state index in [0.29, 0.717) is 5.92 Å². The largest absolute Gasteiger partial charge is 0.354 e. The molecule has 0 radical (unpaired) electrons. The molecule has 128 valence electrons. The summed E-state index contributed by atoms with van der Waals surface area (Å²) in [5, 5.41) is 5.61. The van der Waals surface area contributed by atoms with Crippen molar-refractivity contribution in [2.45, 2.75) is 52.1 Å². The molecule has 0 aliphatic heterocycles. The minimum atomic E-state index is -0.640. The third-order valence-electron chi connectivity index (χ3n) is 3.56. The first-order valence-corrected chi connectivity index (χ1v) is 8.68. The summed E-state index contributed by atoms with van der Waals surface area (Å²) in [6, 6.07) is 6.50. The summed E-state index contributed by atoms with van der Waals surface area (Å²) < 4.78 is 0.936. The highest BCUT2D eigenvalue weighted by molar-refractivity contribution is 9.10. The topological polar surface area (TPSA) is 84.2 Å². The van der Waals surface area contributed by atoms with Crippen LogP contribution in [0, 0.1) is 5.92 Å². The third-order valence-corrected chi connectivity index (χ3v) is 4.09. The minimum absolute atomic E-state index is 0.0945. The van der Waals surface area contributed by atoms with Gasteiger partial charge in [-0.15, -0.1) is 0 Å². The summed E-state index contributed by atoms with van der Waals surface area (Å²) in [7, 11) is 0. The molecule has 4 N–H and O–H groups in total. The number of rotatable bonds is 8. The van der Waals surface area contributed by atoms with Crippen LogP contribution in [0.1, 0.15) is 51.6 Å². The van der Waals surface area contributed by atoms with Gasteiger partial charge >= 0.3 is 6.03 Å². The molecule has 23 heavy (non-hydrogen) atoms. The molecule has 0 aromatic heterocycles. The zero-order valence-electron chi connectivity index (χ0n) is 13.9. The third kappa shape index (κ3) is 8.02. The van der Waals surface area contributed by atoms with Gasteiger partial charge in [0.25, 0.3) is 0 Å². The Kier molecular flexibility index (Phi) is 8.09. The van der Waals surface area contributed by atoms with Crippen LogP contribution >= 0.6 is 15.9 Å². The Morgan fingerprint density at radius 1 is 1.09 bits per heavy atom. The number of nitrogens with two attached hydrogens (primary N) is 1. The molecule has 0 spiro atoms. The Morgan fingerprint density at radius 2 is 1.70 bits per heavy atom. The van der Waals surface area contributed by atoms with Crippen molar-refractivity contribution in [1.29, 1.82) is 0 Å². The SMILES string of the molecule is CC(C)CC[C@@H](C)NC(=O)C[C@@H](NC(N)=O)c1ccc(Br)cc1. The first-order chi connectivity index (χ1) is 10.8. The lowest BCUT2D eigenvalue weighted by molar-refractivity contribution is -0.122. The van der Waals surface area contributed by atoms with Crippen molar-refractivity contribution < 1.29 is 9.59 Å². The number of hydrogen-bond donors (Lipinski definition) is 3. The van der Waals surface area contributed by atoms with E-state index in [9.17, 15) is 9.59 Å². The van der Waals surface area contributed by atoms with Crippen LogP contribution < -0.4 is 16.4 Å². The van der Waals surface area contributed by atoms with Gasteiger partial charge in [-0.25, -0.2) is 4.79 Å². The number of urea groups is 1. The second kappa shape index (κ2) is 9.55. The molecule has 5 nitrogen and oxygen atoms in total. The van der Waals surface area contributed by atoms with Crippen LogP contribution in [-0.2, 0) is 4.79 Å². The number of amides is 3. The molecule has 0 aliphatic rings. The van der Waals surface area contributed by atoms with Crippen LogP contribution in [-0.4, -0.2) is 18.0 Å². The molecular weight excluding hydrogens is 358 g/mol. The number of nitrogens with one attached hydrogen (secondary N) is 2. The zero-order chi connectivity index (χ0) is 17.4. The summed E-state index contributed by atoms with van der Waals surface area (Å²) in [4.78, 5) is 23.4. The van der Waals surface area contributed by atoms with E-state index in [1.807, 2.05) is 31.2 Å². The maximum absolute atomic E-state index is 12.2. The Hall–Kier alpha value is -1.56. The van der Waals surface area contributed by atoms with Gasteiger partial charge in [0.05, 0.1) is 12.5 Å². The Labute approximate surface area is 146 Å². The highest BCUT2D eigenvalue weighted by Gasteiger charge is 2.18. The Morgan fingerprint density at radius 3 is 2.22 bits per heavy atom. The van der Waals surface area contributed by atoms with Crippen LogP contribution in [0.15, 0.2) is 28.7 Å². The van der Waals surface area contributed by atoms with E-state index in [2.05, 4.69) is 40.4 Å². The summed E-state index contributed by atoms with van der Waals surface area (Å²) in [6.45, 7) is 6.32. The standard InChI is InChI=1S/C17H26BrN3O2/c1-11(2)4-5-12(3)20-16(22)10-15(21-17(19)23)13-6-8-14(18)9-7-13/h6-9,11-12,15H,4-5,10H2,1-3H3,(H,20,22)(H3,19,21,23)/t12-,15-/m1/s1. The van der Waals surface area contributed by atoms with Crippen molar-refractivity contribution in [3.8, 4) is 0 Å². The van der Waals surface area contributed by atoms with Gasteiger partial charge in [-0.1, -0.05) is 41.9 Å². The number of carbonyl (C=O) groups excluding carboxylic acids is 2. The molecule has 1 aromatic carbocycles. The number of halogens is 1. The minimum Gasteiger partial charge on any atom is -0.354 e. The van der Waals surface area contributed by atoms with Gasteiger partial charge in [0.15, 0.2) is 0 Å². The summed E-state index contributed by atoms with van der Waals surface area (Å²) >= 11 is 3.37. The average Bonchev–Trinajstić information content (AvgIpc) is 2.44. The van der Waals surface area contributed by atoms with E-state index in [1.54, 1.807) is 0 Å². The fourth-order valence-corrected chi connectivity index (χ4v) is 2.56. The number of hydrogen-bond acceptors (Lipinski definition) is 2. The lowest BCUT2D eigenvalue weighted by Crippen LogP contribution is -2.39. The van der Waals surface area contributed by atoms with E-state index in [0.717, 1.165) is 22.9 Å². The number of benzene rings is 1.